The summed E-state index contributed by atoms with van der Waals surface area (Å²) in [7, 11) is 0. The van der Waals surface area contributed by atoms with Crippen molar-refractivity contribution in [2.24, 2.45) is 0 Å². The third-order valence-corrected chi connectivity index (χ3v) is 3.18. The highest BCUT2D eigenvalue weighted by atomic mass is 16.5. The molecule has 0 saturated heterocycles. The van der Waals surface area contributed by atoms with E-state index in [2.05, 4.69) is 22.2 Å². The Hall–Kier alpha value is -2.43. The predicted octanol–water partition coefficient (Wildman–Crippen LogP) is 3.39. The number of aryl methyl sites for hydroxylation is 1. The summed E-state index contributed by atoms with van der Waals surface area (Å²) in [6.45, 7) is 5.22. The summed E-state index contributed by atoms with van der Waals surface area (Å²) in [6, 6.07) is 7.34. The largest absolute Gasteiger partial charge is 0.483 e. The molecule has 0 radical (unpaired) electrons. The molecule has 1 aromatic carbocycles. The summed E-state index contributed by atoms with van der Waals surface area (Å²) in [5.74, 6) is 2.04. The third-order valence-electron chi connectivity index (χ3n) is 3.18. The second-order valence-electron chi connectivity index (χ2n) is 5.06. The van der Waals surface area contributed by atoms with E-state index < -0.39 is 0 Å². The molecule has 0 saturated carbocycles. The van der Waals surface area contributed by atoms with Gasteiger partial charge in [0.2, 0.25) is 0 Å². The van der Waals surface area contributed by atoms with Gasteiger partial charge >= 0.3 is 0 Å². The number of carbonyl (C=O) groups is 1. The molecule has 116 valence electrons. The smallest absolute Gasteiger partial charge is 0.180 e. The van der Waals surface area contributed by atoms with Crippen molar-refractivity contribution in [3.63, 3.8) is 0 Å². The average molecular weight is 299 g/mol. The average Bonchev–Trinajstić information content (AvgIpc) is 2.54. The Morgan fingerprint density at radius 3 is 3.00 bits per heavy atom. The molecule has 1 heterocycles. The Kier molecular flexibility index (Phi) is 5.89. The molecule has 0 aliphatic carbocycles. The number of hydrogen-bond acceptors (Lipinski definition) is 5. The van der Waals surface area contributed by atoms with Crippen LogP contribution >= 0.6 is 0 Å². The molecule has 0 aliphatic heterocycles. The minimum absolute atomic E-state index is 0.372. The minimum Gasteiger partial charge on any atom is -0.483 e. The highest BCUT2D eigenvalue weighted by Crippen LogP contribution is 2.22. The van der Waals surface area contributed by atoms with Crippen LogP contribution in [0.1, 0.15) is 41.5 Å². The zero-order valence-electron chi connectivity index (χ0n) is 13.0. The summed E-state index contributed by atoms with van der Waals surface area (Å²) in [5.41, 5.74) is 1.58. The lowest BCUT2D eigenvalue weighted by Crippen LogP contribution is -2.08. The van der Waals surface area contributed by atoms with Gasteiger partial charge in [-0.1, -0.05) is 31.5 Å². The molecule has 22 heavy (non-hydrogen) atoms. The van der Waals surface area contributed by atoms with Crippen molar-refractivity contribution in [1.82, 2.24) is 9.97 Å². The normalized spacial score (nSPS) is 10.3. The maximum absolute atomic E-state index is 10.8. The summed E-state index contributed by atoms with van der Waals surface area (Å²) in [5, 5.41) is 3.28. The molecule has 0 amide bonds. The van der Waals surface area contributed by atoms with Crippen LogP contribution in [-0.4, -0.2) is 22.8 Å². The fourth-order valence-electron chi connectivity index (χ4n) is 1.99. The molecule has 0 spiro atoms. The monoisotopic (exact) mass is 299 g/mol. The number of nitrogens with one attached hydrogen (secondary N) is 1. The second kappa shape index (κ2) is 8.12. The van der Waals surface area contributed by atoms with Crippen LogP contribution in [0, 0.1) is 6.92 Å². The number of rotatable bonds is 8. The van der Waals surface area contributed by atoms with E-state index in [-0.39, 0.29) is 0 Å². The van der Waals surface area contributed by atoms with Gasteiger partial charge in [-0.05, 0) is 25.0 Å². The highest BCUT2D eigenvalue weighted by molar-refractivity contribution is 5.74. The fourth-order valence-corrected chi connectivity index (χ4v) is 1.99. The fraction of sp³-hybridized carbons (Fsp3) is 0.353. The maximum Gasteiger partial charge on any atom is 0.180 e. The van der Waals surface area contributed by atoms with Crippen molar-refractivity contribution < 1.29 is 9.53 Å². The first-order valence-electron chi connectivity index (χ1n) is 7.47. The molecule has 5 nitrogen and oxygen atoms in total. The Bertz CT molecular complexity index is 629. The number of aldehydes is 1. The van der Waals surface area contributed by atoms with Crippen LogP contribution in [0.5, 0.6) is 5.75 Å². The molecule has 1 aromatic heterocycles. The highest BCUT2D eigenvalue weighted by Gasteiger charge is 2.07. The van der Waals surface area contributed by atoms with Crippen molar-refractivity contribution >= 4 is 12.1 Å². The molecule has 0 bridgehead atoms. The van der Waals surface area contributed by atoms with Gasteiger partial charge in [-0.25, -0.2) is 9.97 Å². The number of ether oxygens (including phenoxy) is 1. The molecular weight excluding hydrogens is 278 g/mol. The molecule has 5 heteroatoms. The summed E-state index contributed by atoms with van der Waals surface area (Å²) in [6.07, 6.45) is 4.70. The third kappa shape index (κ3) is 4.55. The van der Waals surface area contributed by atoms with Gasteiger partial charge in [-0.3, -0.25) is 4.79 Å². The number of hydrogen-bond donors (Lipinski definition) is 1. The summed E-state index contributed by atoms with van der Waals surface area (Å²) in [4.78, 5) is 19.4. The van der Waals surface area contributed by atoms with Crippen molar-refractivity contribution in [2.45, 2.75) is 33.3 Å². The van der Waals surface area contributed by atoms with Crippen molar-refractivity contribution in [1.29, 1.82) is 0 Å². The number of unbranched alkanes of at least 4 members (excludes halogenated alkanes) is 1. The van der Waals surface area contributed by atoms with Gasteiger partial charge in [0.15, 0.2) is 11.6 Å². The number of aromatic nitrogens is 2. The molecule has 0 unspecified atom stereocenters. The first-order valence-corrected chi connectivity index (χ1v) is 7.47. The number of anilines is 1. The van der Waals surface area contributed by atoms with E-state index in [0.717, 1.165) is 31.2 Å². The number of benzene rings is 1. The van der Waals surface area contributed by atoms with Gasteiger partial charge < -0.3 is 10.1 Å². The van der Waals surface area contributed by atoms with Crippen molar-refractivity contribution in [3.8, 4) is 5.75 Å². The van der Waals surface area contributed by atoms with Crippen molar-refractivity contribution in [2.75, 3.05) is 11.9 Å². The van der Waals surface area contributed by atoms with Gasteiger partial charge in [-0.15, -0.1) is 0 Å². The lowest BCUT2D eigenvalue weighted by Gasteiger charge is -2.12. The van der Waals surface area contributed by atoms with Crippen LogP contribution in [0.25, 0.3) is 0 Å². The second-order valence-corrected chi connectivity index (χ2v) is 5.06. The minimum atomic E-state index is 0.372. The topological polar surface area (TPSA) is 64.1 Å². The van der Waals surface area contributed by atoms with E-state index in [1.54, 1.807) is 12.3 Å². The lowest BCUT2D eigenvalue weighted by atomic mass is 10.1. The van der Waals surface area contributed by atoms with E-state index in [4.69, 9.17) is 4.74 Å². The van der Waals surface area contributed by atoms with Crippen molar-refractivity contribution in [3.05, 3.63) is 47.4 Å². The summed E-state index contributed by atoms with van der Waals surface area (Å²) >= 11 is 0. The quantitative estimate of drug-likeness (QED) is 0.598. The van der Waals surface area contributed by atoms with Gasteiger partial charge in [0.25, 0.3) is 0 Å². The molecule has 1 N–H and O–H groups in total. The number of nitrogens with zero attached hydrogens (tertiary/aromatic N) is 2. The predicted molar refractivity (Wildman–Crippen MR) is 86.3 cm³/mol. The van der Waals surface area contributed by atoms with Crippen LogP contribution in [0.15, 0.2) is 30.5 Å². The van der Waals surface area contributed by atoms with E-state index in [1.165, 1.54) is 0 Å². The van der Waals surface area contributed by atoms with Gasteiger partial charge in [0, 0.05) is 12.1 Å². The van der Waals surface area contributed by atoms with Gasteiger partial charge in [0.05, 0.1) is 6.20 Å². The zero-order valence-corrected chi connectivity index (χ0v) is 13.0. The molecular formula is C17H21N3O2. The van der Waals surface area contributed by atoms with Crippen LogP contribution < -0.4 is 10.1 Å². The Labute approximate surface area is 130 Å². The first-order chi connectivity index (χ1) is 10.7. The SMILES string of the molecule is CCCCNc1nc(C)ncc1OCc1cccc(C=O)c1. The standard InChI is InChI=1S/C17H21N3O2/c1-3-4-8-18-17-16(10-19-13(2)20-17)22-12-15-7-5-6-14(9-15)11-21/h5-7,9-11H,3-4,8,12H2,1-2H3,(H,18,19,20). The Morgan fingerprint density at radius 2 is 2.23 bits per heavy atom. The molecule has 2 rings (SSSR count). The Morgan fingerprint density at radius 1 is 1.36 bits per heavy atom. The first kappa shape index (κ1) is 15.9. The maximum atomic E-state index is 10.8. The molecule has 2 aromatic rings. The molecule has 0 fully saturated rings. The van der Waals surface area contributed by atoms with Gasteiger partial charge in [0.1, 0.15) is 18.7 Å². The van der Waals surface area contributed by atoms with E-state index >= 15 is 0 Å². The number of carbonyl (C=O) groups excluding carboxylic acids is 1. The van der Waals surface area contributed by atoms with Crippen LogP contribution in [0.4, 0.5) is 5.82 Å². The Balaban J connectivity index is 2.06. The van der Waals surface area contributed by atoms with E-state index in [9.17, 15) is 4.79 Å². The van der Waals surface area contributed by atoms with Gasteiger partial charge in [-0.2, -0.15) is 0 Å². The molecule has 0 atom stereocenters. The van der Waals surface area contributed by atoms with E-state index in [0.29, 0.717) is 29.6 Å². The molecule has 0 aliphatic rings. The van der Waals surface area contributed by atoms with Crippen LogP contribution in [-0.2, 0) is 6.61 Å². The van der Waals surface area contributed by atoms with Crippen LogP contribution in [0.3, 0.4) is 0 Å². The zero-order chi connectivity index (χ0) is 15.8. The van der Waals surface area contributed by atoms with E-state index in [1.807, 2.05) is 25.1 Å². The summed E-state index contributed by atoms with van der Waals surface area (Å²) < 4.78 is 5.80. The lowest BCUT2D eigenvalue weighted by molar-refractivity contribution is 0.112. The van der Waals surface area contributed by atoms with Crippen LogP contribution in [0.2, 0.25) is 0 Å².